The van der Waals surface area contributed by atoms with Crippen molar-refractivity contribution in [3.63, 3.8) is 0 Å². The largest absolute Gasteiger partial charge is 0.480 e. The van der Waals surface area contributed by atoms with Gasteiger partial charge in [-0.2, -0.15) is 25.3 Å². The van der Waals surface area contributed by atoms with Crippen LogP contribution in [0.2, 0.25) is 0 Å². The number of carboxylic acids is 1. The Morgan fingerprint density at radius 3 is 1.97 bits per heavy atom. The molecule has 33 heavy (non-hydrogen) atoms. The molecular formula is C21H33N5O5S2. The Hall–Kier alpha value is -2.28. The van der Waals surface area contributed by atoms with Gasteiger partial charge in [0.25, 0.3) is 0 Å². The molecule has 0 bridgehead atoms. The van der Waals surface area contributed by atoms with E-state index in [-0.39, 0.29) is 24.3 Å². The number of benzene rings is 1. The van der Waals surface area contributed by atoms with Crippen LogP contribution in [0.15, 0.2) is 30.3 Å². The maximum Gasteiger partial charge on any atom is 0.326 e. The van der Waals surface area contributed by atoms with Gasteiger partial charge in [-0.15, -0.1) is 0 Å². The van der Waals surface area contributed by atoms with Gasteiger partial charge in [0, 0.05) is 17.9 Å². The molecule has 8 N–H and O–H groups in total. The molecule has 1 rings (SSSR count). The standard InChI is InChI=1S/C21H33N5O5S2/c22-9-5-4-8-15(21(30)31)24-20(29)17(12-33)26-19(28)16(25-18(27)14(23)11-32)10-13-6-2-1-3-7-13/h1-3,6-7,14-17,32-33H,4-5,8-12,22-23H2,(H,24,29)(H,25,27)(H,26,28)(H,30,31). The number of nitrogens with two attached hydrogens (primary N) is 2. The Labute approximate surface area is 204 Å². The number of carbonyl (C=O) groups is 4. The maximum atomic E-state index is 13.0. The van der Waals surface area contributed by atoms with Crippen molar-refractivity contribution in [2.24, 2.45) is 11.5 Å². The number of rotatable bonds is 15. The molecule has 0 fully saturated rings. The first-order chi connectivity index (χ1) is 15.7. The Morgan fingerprint density at radius 1 is 0.848 bits per heavy atom. The second-order valence-corrected chi connectivity index (χ2v) is 8.20. The van der Waals surface area contributed by atoms with Crippen molar-refractivity contribution >= 4 is 48.9 Å². The highest BCUT2D eigenvalue weighted by Crippen LogP contribution is 2.06. The quantitative estimate of drug-likeness (QED) is 0.114. The molecule has 0 radical (unpaired) electrons. The third-order valence-electron chi connectivity index (χ3n) is 4.83. The summed E-state index contributed by atoms with van der Waals surface area (Å²) < 4.78 is 0. The predicted octanol–water partition coefficient (Wildman–Crippen LogP) is -0.916. The van der Waals surface area contributed by atoms with Crippen LogP contribution in [-0.2, 0) is 25.6 Å². The number of unbranched alkanes of at least 4 members (excludes halogenated alkanes) is 1. The number of hydrogen-bond donors (Lipinski definition) is 8. The summed E-state index contributed by atoms with van der Waals surface area (Å²) in [5.41, 5.74) is 11.9. The molecule has 0 aliphatic heterocycles. The summed E-state index contributed by atoms with van der Waals surface area (Å²) in [4.78, 5) is 49.4. The van der Waals surface area contributed by atoms with Crippen LogP contribution in [0.25, 0.3) is 0 Å². The summed E-state index contributed by atoms with van der Waals surface area (Å²) in [5.74, 6) is -3.03. The molecule has 0 heterocycles. The fourth-order valence-electron chi connectivity index (χ4n) is 2.91. The molecule has 3 amide bonds. The molecule has 4 atom stereocenters. The first kappa shape index (κ1) is 28.8. The first-order valence-electron chi connectivity index (χ1n) is 10.6. The van der Waals surface area contributed by atoms with E-state index in [9.17, 15) is 24.3 Å². The highest BCUT2D eigenvalue weighted by Gasteiger charge is 2.29. The molecule has 0 aromatic heterocycles. The zero-order valence-electron chi connectivity index (χ0n) is 18.3. The number of aliphatic carboxylic acids is 1. The molecule has 0 saturated carbocycles. The Balaban J connectivity index is 2.90. The lowest BCUT2D eigenvalue weighted by atomic mass is 10.0. The molecule has 12 heteroatoms. The lowest BCUT2D eigenvalue weighted by molar-refractivity contribution is -0.142. The second-order valence-electron chi connectivity index (χ2n) is 7.47. The van der Waals surface area contributed by atoms with E-state index in [4.69, 9.17) is 11.5 Å². The van der Waals surface area contributed by atoms with E-state index in [1.807, 2.05) is 6.07 Å². The van der Waals surface area contributed by atoms with Crippen molar-refractivity contribution in [3.05, 3.63) is 35.9 Å². The van der Waals surface area contributed by atoms with Crippen molar-refractivity contribution in [1.29, 1.82) is 0 Å². The van der Waals surface area contributed by atoms with Crippen molar-refractivity contribution in [2.75, 3.05) is 18.1 Å². The Bertz CT molecular complexity index is 784. The zero-order valence-corrected chi connectivity index (χ0v) is 20.1. The summed E-state index contributed by atoms with van der Waals surface area (Å²) in [6, 6.07) is 4.87. The predicted molar refractivity (Wildman–Crippen MR) is 132 cm³/mol. The minimum absolute atomic E-state index is 0.0745. The van der Waals surface area contributed by atoms with Crippen LogP contribution in [0.1, 0.15) is 24.8 Å². The molecule has 4 unspecified atom stereocenters. The topological polar surface area (TPSA) is 177 Å². The van der Waals surface area contributed by atoms with Crippen LogP contribution in [0, 0.1) is 0 Å². The molecule has 1 aromatic carbocycles. The number of nitrogens with one attached hydrogen (secondary N) is 3. The number of carboxylic acid groups (broad SMARTS) is 1. The smallest absolute Gasteiger partial charge is 0.326 e. The third kappa shape index (κ3) is 10.5. The lowest BCUT2D eigenvalue weighted by Crippen LogP contribution is -2.58. The van der Waals surface area contributed by atoms with Gasteiger partial charge in [-0.3, -0.25) is 14.4 Å². The molecular weight excluding hydrogens is 466 g/mol. The second kappa shape index (κ2) is 15.5. The van der Waals surface area contributed by atoms with Gasteiger partial charge in [0.1, 0.15) is 18.1 Å². The van der Waals surface area contributed by atoms with E-state index in [2.05, 4.69) is 41.2 Å². The molecule has 0 aliphatic rings. The first-order valence-corrected chi connectivity index (χ1v) is 11.8. The number of hydrogen-bond acceptors (Lipinski definition) is 8. The van der Waals surface area contributed by atoms with E-state index in [1.165, 1.54) is 0 Å². The van der Waals surface area contributed by atoms with Crippen molar-refractivity contribution in [2.45, 2.75) is 49.9 Å². The van der Waals surface area contributed by atoms with Crippen LogP contribution >= 0.6 is 25.3 Å². The summed E-state index contributed by atoms with van der Waals surface area (Å²) in [5, 5.41) is 16.9. The summed E-state index contributed by atoms with van der Waals surface area (Å²) in [6.45, 7) is 0.418. The van der Waals surface area contributed by atoms with Crippen LogP contribution in [0.3, 0.4) is 0 Å². The van der Waals surface area contributed by atoms with Crippen molar-refractivity contribution in [1.82, 2.24) is 16.0 Å². The third-order valence-corrected chi connectivity index (χ3v) is 5.58. The van der Waals surface area contributed by atoms with E-state index in [0.29, 0.717) is 19.4 Å². The van der Waals surface area contributed by atoms with Gasteiger partial charge in [-0.1, -0.05) is 30.3 Å². The normalized spacial score (nSPS) is 14.4. The van der Waals surface area contributed by atoms with Gasteiger partial charge >= 0.3 is 5.97 Å². The average Bonchev–Trinajstić information content (AvgIpc) is 2.81. The zero-order chi connectivity index (χ0) is 24.8. The molecule has 0 aliphatic carbocycles. The van der Waals surface area contributed by atoms with E-state index < -0.39 is 47.9 Å². The Morgan fingerprint density at radius 2 is 1.42 bits per heavy atom. The van der Waals surface area contributed by atoms with Crippen LogP contribution in [0.4, 0.5) is 0 Å². The minimum atomic E-state index is -1.18. The summed E-state index contributed by atoms with van der Waals surface area (Å²) >= 11 is 8.12. The van der Waals surface area contributed by atoms with Gasteiger partial charge in [0.05, 0.1) is 6.04 Å². The van der Waals surface area contributed by atoms with E-state index in [1.54, 1.807) is 24.3 Å². The minimum Gasteiger partial charge on any atom is -0.480 e. The van der Waals surface area contributed by atoms with Gasteiger partial charge < -0.3 is 32.5 Å². The van der Waals surface area contributed by atoms with Crippen molar-refractivity contribution in [3.8, 4) is 0 Å². The summed E-state index contributed by atoms with van der Waals surface area (Å²) in [7, 11) is 0. The number of carbonyl (C=O) groups excluding carboxylic acids is 3. The van der Waals surface area contributed by atoms with E-state index >= 15 is 0 Å². The SMILES string of the molecule is NCCCCC(NC(=O)C(CS)NC(=O)C(Cc1ccccc1)NC(=O)C(N)CS)C(=O)O. The summed E-state index contributed by atoms with van der Waals surface area (Å²) in [6.07, 6.45) is 1.53. The number of amides is 3. The maximum absolute atomic E-state index is 13.0. The molecule has 10 nitrogen and oxygen atoms in total. The average molecular weight is 500 g/mol. The van der Waals surface area contributed by atoms with Crippen LogP contribution < -0.4 is 27.4 Å². The molecule has 0 spiro atoms. The van der Waals surface area contributed by atoms with Crippen LogP contribution in [-0.4, -0.2) is 71.0 Å². The molecule has 0 saturated heterocycles. The van der Waals surface area contributed by atoms with Gasteiger partial charge in [0.15, 0.2) is 0 Å². The van der Waals surface area contributed by atoms with Gasteiger partial charge in [-0.05, 0) is 31.4 Å². The van der Waals surface area contributed by atoms with Gasteiger partial charge in [0.2, 0.25) is 17.7 Å². The van der Waals surface area contributed by atoms with Gasteiger partial charge in [-0.25, -0.2) is 4.79 Å². The Kier molecular flexibility index (Phi) is 13.5. The lowest BCUT2D eigenvalue weighted by Gasteiger charge is -2.24. The molecule has 184 valence electrons. The fourth-order valence-corrected chi connectivity index (χ4v) is 3.33. The fraction of sp³-hybridized carbons (Fsp3) is 0.524. The van der Waals surface area contributed by atoms with Crippen LogP contribution in [0.5, 0.6) is 0 Å². The van der Waals surface area contributed by atoms with E-state index in [0.717, 1.165) is 5.56 Å². The highest BCUT2D eigenvalue weighted by molar-refractivity contribution is 7.80. The number of thiol groups is 2. The monoisotopic (exact) mass is 499 g/mol. The van der Waals surface area contributed by atoms with Crippen molar-refractivity contribution < 1.29 is 24.3 Å². The molecule has 1 aromatic rings. The highest BCUT2D eigenvalue weighted by atomic mass is 32.1.